The summed E-state index contributed by atoms with van der Waals surface area (Å²) >= 11 is 0. The molecular weight excluding hydrogens is 622 g/mol. The van der Waals surface area contributed by atoms with Gasteiger partial charge >= 0.3 is 6.09 Å². The van der Waals surface area contributed by atoms with Crippen molar-refractivity contribution in [3.05, 3.63) is 59.2 Å². The van der Waals surface area contributed by atoms with Gasteiger partial charge in [0.2, 0.25) is 11.8 Å². The molecule has 0 aromatic heterocycles. The quantitative estimate of drug-likeness (QED) is 0.246. The molecule has 2 aliphatic carbocycles. The second-order valence-electron chi connectivity index (χ2n) is 15.0. The number of methoxy groups -OCH3 is 2. The van der Waals surface area contributed by atoms with Gasteiger partial charge in [-0.1, -0.05) is 43.2 Å². The smallest absolute Gasteiger partial charge is 0.410 e. The highest BCUT2D eigenvalue weighted by Crippen LogP contribution is 2.40. The van der Waals surface area contributed by atoms with E-state index in [0.717, 1.165) is 67.4 Å². The first-order valence-electron chi connectivity index (χ1n) is 17.9. The number of piperidine rings is 1. The van der Waals surface area contributed by atoms with Crippen LogP contribution in [-0.2, 0) is 31.1 Å². The maximum absolute atomic E-state index is 14.5. The molecule has 3 fully saturated rings. The Morgan fingerprint density at radius 2 is 1.63 bits per heavy atom. The summed E-state index contributed by atoms with van der Waals surface area (Å²) in [4.78, 5) is 45.7. The first-order valence-corrected chi connectivity index (χ1v) is 17.9. The molecule has 1 N–H and O–H groups in total. The van der Waals surface area contributed by atoms with Crippen LogP contribution in [-0.4, -0.2) is 79.9 Å². The minimum absolute atomic E-state index is 0.0469. The summed E-state index contributed by atoms with van der Waals surface area (Å²) in [6.45, 7) is 9.34. The Morgan fingerprint density at radius 1 is 0.959 bits per heavy atom. The standard InChI is InChI=1S/C39H55N3O7/c1-27-33(47-6)21-28(22-34(27)48-20-12-19-46-5)24-42(32-15-16-32)36(44)30-23-29(25-41(26-30)37(45)49-38(2,3)4)35(43)40-39(17-10-11-18-39)31-13-8-7-9-14-31/h7-9,13-14,21-22,29-30,32H,10-12,15-20,23-26H2,1-6H3,(H,40,43)/t29-,30+/m0/s1. The second kappa shape index (κ2) is 15.8. The van der Waals surface area contributed by atoms with E-state index in [1.165, 1.54) is 0 Å². The number of rotatable bonds is 13. The van der Waals surface area contributed by atoms with Gasteiger partial charge in [0, 0.05) is 51.4 Å². The SMILES string of the molecule is COCCCOc1cc(CN(C(=O)[C@@H]2C[C@H](C(=O)NC3(c4ccccc4)CCCC3)CN(C(=O)OC(C)(C)C)C2)C2CC2)cc(OC)c1C. The van der Waals surface area contributed by atoms with Crippen LogP contribution in [0, 0.1) is 18.8 Å². The van der Waals surface area contributed by atoms with Crippen molar-refractivity contribution >= 4 is 17.9 Å². The van der Waals surface area contributed by atoms with Crippen molar-refractivity contribution in [1.82, 2.24) is 15.1 Å². The first kappa shape index (κ1) is 36.5. The molecule has 268 valence electrons. The molecule has 0 spiro atoms. The Bertz CT molecular complexity index is 1450. The molecule has 10 heteroatoms. The molecular formula is C39H55N3O7. The Balaban J connectivity index is 1.38. The van der Waals surface area contributed by atoms with Crippen molar-refractivity contribution < 1.29 is 33.3 Å². The van der Waals surface area contributed by atoms with Crippen molar-refractivity contribution in [3.63, 3.8) is 0 Å². The lowest BCUT2D eigenvalue weighted by Gasteiger charge is -2.40. The van der Waals surface area contributed by atoms with Crippen LogP contribution in [0.5, 0.6) is 11.5 Å². The molecule has 10 nitrogen and oxygen atoms in total. The number of ether oxygens (including phenoxy) is 4. The number of nitrogens with zero attached hydrogens (tertiary/aromatic N) is 2. The van der Waals surface area contributed by atoms with Crippen LogP contribution in [0.25, 0.3) is 0 Å². The van der Waals surface area contributed by atoms with E-state index in [1.54, 1.807) is 19.1 Å². The average molecular weight is 678 g/mol. The second-order valence-corrected chi connectivity index (χ2v) is 15.0. The van der Waals surface area contributed by atoms with Gasteiger partial charge in [0.25, 0.3) is 0 Å². The predicted molar refractivity (Wildman–Crippen MR) is 187 cm³/mol. The molecule has 3 aliphatic rings. The van der Waals surface area contributed by atoms with Crippen LogP contribution in [0.15, 0.2) is 42.5 Å². The summed E-state index contributed by atoms with van der Waals surface area (Å²) in [5, 5.41) is 3.42. The first-order chi connectivity index (χ1) is 23.4. The topological polar surface area (TPSA) is 107 Å². The van der Waals surface area contributed by atoms with E-state index in [-0.39, 0.29) is 30.9 Å². The third-order valence-corrected chi connectivity index (χ3v) is 9.93. The van der Waals surface area contributed by atoms with Gasteiger partial charge < -0.3 is 34.1 Å². The zero-order valence-corrected chi connectivity index (χ0v) is 30.2. The largest absolute Gasteiger partial charge is 0.496 e. The highest BCUT2D eigenvalue weighted by atomic mass is 16.6. The predicted octanol–water partition coefficient (Wildman–Crippen LogP) is 6.37. The van der Waals surface area contributed by atoms with E-state index in [0.29, 0.717) is 31.9 Å². The van der Waals surface area contributed by atoms with Crippen LogP contribution < -0.4 is 14.8 Å². The number of benzene rings is 2. The molecule has 2 saturated carbocycles. The molecule has 1 saturated heterocycles. The lowest BCUT2D eigenvalue weighted by molar-refractivity contribution is -0.141. The Morgan fingerprint density at radius 3 is 2.27 bits per heavy atom. The molecule has 2 aromatic carbocycles. The fraction of sp³-hybridized carbons (Fsp3) is 0.615. The fourth-order valence-corrected chi connectivity index (χ4v) is 7.26. The van der Waals surface area contributed by atoms with Gasteiger partial charge in [0.15, 0.2) is 0 Å². The average Bonchev–Trinajstić information content (AvgIpc) is 3.82. The molecule has 49 heavy (non-hydrogen) atoms. The highest BCUT2D eigenvalue weighted by Gasteiger charge is 2.45. The van der Waals surface area contributed by atoms with Crippen molar-refractivity contribution in [1.29, 1.82) is 0 Å². The maximum atomic E-state index is 14.5. The maximum Gasteiger partial charge on any atom is 0.410 e. The minimum Gasteiger partial charge on any atom is -0.496 e. The van der Waals surface area contributed by atoms with Gasteiger partial charge in [-0.3, -0.25) is 9.59 Å². The van der Waals surface area contributed by atoms with Gasteiger partial charge in [-0.15, -0.1) is 0 Å². The minimum atomic E-state index is -0.707. The summed E-state index contributed by atoms with van der Waals surface area (Å²) < 4.78 is 22.7. The third-order valence-electron chi connectivity index (χ3n) is 9.93. The van der Waals surface area contributed by atoms with Crippen LogP contribution in [0.3, 0.4) is 0 Å². The van der Waals surface area contributed by atoms with Crippen molar-refractivity contribution in [3.8, 4) is 11.5 Å². The van der Waals surface area contributed by atoms with Crippen LogP contribution in [0.4, 0.5) is 4.79 Å². The van der Waals surface area contributed by atoms with Gasteiger partial charge in [0.1, 0.15) is 17.1 Å². The Kier molecular flexibility index (Phi) is 11.8. The van der Waals surface area contributed by atoms with Crippen LogP contribution in [0.2, 0.25) is 0 Å². The number of likely N-dealkylation sites (tertiary alicyclic amines) is 1. The molecule has 1 heterocycles. The lowest BCUT2D eigenvalue weighted by atomic mass is 9.84. The van der Waals surface area contributed by atoms with Crippen molar-refractivity contribution in [2.75, 3.05) is 40.5 Å². The molecule has 0 radical (unpaired) electrons. The van der Waals surface area contributed by atoms with Gasteiger partial charge in [-0.05, 0) is 83.1 Å². The molecule has 1 aliphatic heterocycles. The van der Waals surface area contributed by atoms with Crippen LogP contribution >= 0.6 is 0 Å². The van der Waals surface area contributed by atoms with E-state index in [9.17, 15) is 14.4 Å². The summed E-state index contributed by atoms with van der Waals surface area (Å²) in [6, 6.07) is 14.2. The van der Waals surface area contributed by atoms with E-state index < -0.39 is 29.1 Å². The lowest BCUT2D eigenvalue weighted by Crippen LogP contribution is -2.55. The molecule has 0 bridgehead atoms. The summed E-state index contributed by atoms with van der Waals surface area (Å²) in [7, 11) is 3.31. The number of amides is 3. The number of hydrogen-bond donors (Lipinski definition) is 1. The van der Waals surface area contributed by atoms with Crippen molar-refractivity contribution in [2.45, 2.75) is 103 Å². The molecule has 2 atom stereocenters. The molecule has 2 aromatic rings. The van der Waals surface area contributed by atoms with Gasteiger partial charge in [-0.25, -0.2) is 4.79 Å². The van der Waals surface area contributed by atoms with Crippen LogP contribution in [0.1, 0.15) is 88.8 Å². The summed E-state index contributed by atoms with van der Waals surface area (Å²) in [5.41, 5.74) is 1.76. The Hall–Kier alpha value is -3.79. The van der Waals surface area contributed by atoms with E-state index in [1.807, 2.05) is 62.9 Å². The zero-order chi connectivity index (χ0) is 35.2. The van der Waals surface area contributed by atoms with Gasteiger partial charge in [-0.2, -0.15) is 0 Å². The summed E-state index contributed by atoms with van der Waals surface area (Å²) in [5.74, 6) is 0.156. The van der Waals surface area contributed by atoms with E-state index in [2.05, 4.69) is 17.4 Å². The summed E-state index contributed by atoms with van der Waals surface area (Å²) in [6.07, 6.45) is 6.24. The molecule has 5 rings (SSSR count). The molecule has 3 amide bonds. The van der Waals surface area contributed by atoms with E-state index in [4.69, 9.17) is 18.9 Å². The normalized spacial score (nSPS) is 20.4. The third kappa shape index (κ3) is 9.26. The Labute approximate surface area is 291 Å². The number of carbonyl (C=O) groups excluding carboxylic acids is 3. The number of carbonyl (C=O) groups is 3. The number of nitrogens with one attached hydrogen (secondary N) is 1. The zero-order valence-electron chi connectivity index (χ0n) is 30.2. The molecule has 0 unspecified atom stereocenters. The van der Waals surface area contributed by atoms with Crippen molar-refractivity contribution in [2.24, 2.45) is 11.8 Å². The fourth-order valence-electron chi connectivity index (χ4n) is 7.26. The van der Waals surface area contributed by atoms with E-state index >= 15 is 0 Å². The highest BCUT2D eigenvalue weighted by molar-refractivity contribution is 5.85. The van der Waals surface area contributed by atoms with Gasteiger partial charge in [0.05, 0.1) is 31.1 Å². The number of hydrogen-bond acceptors (Lipinski definition) is 7. The monoisotopic (exact) mass is 677 g/mol.